The maximum Gasteiger partial charge on any atom is 0.237 e. The van der Waals surface area contributed by atoms with E-state index < -0.39 is 0 Å². The number of ether oxygens (including phenoxy) is 2. The number of carbonyl (C=O) groups is 1. The molecular weight excluding hydrogens is 256 g/mol. The second-order valence-corrected chi connectivity index (χ2v) is 4.06. The van der Waals surface area contributed by atoms with Crippen molar-refractivity contribution in [1.82, 2.24) is 5.43 Å². The van der Waals surface area contributed by atoms with Crippen LogP contribution in [0.3, 0.4) is 0 Å². The summed E-state index contributed by atoms with van der Waals surface area (Å²) >= 11 is 0. The van der Waals surface area contributed by atoms with Gasteiger partial charge in [0.1, 0.15) is 17.2 Å². The Labute approximate surface area is 117 Å². The molecular formula is C15H16N2O3. The first-order chi connectivity index (χ1) is 9.78. The fourth-order valence-corrected chi connectivity index (χ4v) is 1.59. The largest absolute Gasteiger partial charge is 0.493 e. The molecule has 0 unspecified atom stereocenters. The molecule has 2 aromatic rings. The van der Waals surface area contributed by atoms with Crippen LogP contribution >= 0.6 is 0 Å². The summed E-state index contributed by atoms with van der Waals surface area (Å²) in [6, 6.07) is 16.7. The Balaban J connectivity index is 1.92. The van der Waals surface area contributed by atoms with Crippen molar-refractivity contribution in [1.29, 1.82) is 0 Å². The van der Waals surface area contributed by atoms with Gasteiger partial charge in [0.05, 0.1) is 13.0 Å². The molecule has 0 saturated heterocycles. The zero-order chi connectivity index (χ0) is 14.2. The van der Waals surface area contributed by atoms with E-state index in [0.29, 0.717) is 11.5 Å². The van der Waals surface area contributed by atoms with E-state index >= 15 is 0 Å². The first kappa shape index (κ1) is 13.9. The molecule has 0 spiro atoms. The van der Waals surface area contributed by atoms with Crippen LogP contribution in [-0.4, -0.2) is 12.5 Å². The third kappa shape index (κ3) is 4.29. The first-order valence-electron chi connectivity index (χ1n) is 6.23. The summed E-state index contributed by atoms with van der Waals surface area (Å²) in [4.78, 5) is 11.0. The van der Waals surface area contributed by atoms with E-state index in [1.54, 1.807) is 12.1 Å². The molecule has 0 heterocycles. The highest BCUT2D eigenvalue weighted by Crippen LogP contribution is 2.24. The Hall–Kier alpha value is -2.53. The summed E-state index contributed by atoms with van der Waals surface area (Å²) in [5.41, 5.74) is 2.05. The van der Waals surface area contributed by atoms with Crippen LogP contribution in [0.15, 0.2) is 54.6 Å². The SMILES string of the molecule is NNC(=O)CCOc1cccc(Oc2ccccc2)c1. The zero-order valence-corrected chi connectivity index (χ0v) is 10.9. The molecule has 0 aromatic heterocycles. The molecule has 0 bridgehead atoms. The minimum absolute atomic E-state index is 0.209. The van der Waals surface area contributed by atoms with E-state index in [0.717, 1.165) is 5.75 Å². The van der Waals surface area contributed by atoms with E-state index in [-0.39, 0.29) is 18.9 Å². The van der Waals surface area contributed by atoms with Crippen molar-refractivity contribution in [2.45, 2.75) is 6.42 Å². The molecule has 2 rings (SSSR count). The lowest BCUT2D eigenvalue weighted by molar-refractivity contribution is -0.121. The number of carbonyl (C=O) groups excluding carboxylic acids is 1. The van der Waals surface area contributed by atoms with Gasteiger partial charge in [0, 0.05) is 6.07 Å². The maximum absolute atomic E-state index is 11.0. The van der Waals surface area contributed by atoms with Crippen LogP contribution in [0.1, 0.15) is 6.42 Å². The Morgan fingerprint density at radius 1 is 1.00 bits per heavy atom. The van der Waals surface area contributed by atoms with Gasteiger partial charge in [-0.25, -0.2) is 5.84 Å². The van der Waals surface area contributed by atoms with Gasteiger partial charge in [0.15, 0.2) is 0 Å². The lowest BCUT2D eigenvalue weighted by atomic mass is 10.3. The molecule has 0 saturated carbocycles. The van der Waals surface area contributed by atoms with Crippen molar-refractivity contribution < 1.29 is 14.3 Å². The van der Waals surface area contributed by atoms with E-state index in [9.17, 15) is 4.79 Å². The normalized spacial score (nSPS) is 9.85. The summed E-state index contributed by atoms with van der Waals surface area (Å²) in [6.45, 7) is 0.262. The molecule has 0 aliphatic rings. The van der Waals surface area contributed by atoms with Crippen molar-refractivity contribution in [3.05, 3.63) is 54.6 Å². The minimum Gasteiger partial charge on any atom is -0.493 e. The monoisotopic (exact) mass is 272 g/mol. The van der Waals surface area contributed by atoms with Crippen LogP contribution in [0.4, 0.5) is 0 Å². The number of rotatable bonds is 6. The van der Waals surface area contributed by atoms with Crippen LogP contribution in [0.25, 0.3) is 0 Å². The van der Waals surface area contributed by atoms with Gasteiger partial charge < -0.3 is 9.47 Å². The number of hydrazine groups is 1. The van der Waals surface area contributed by atoms with Gasteiger partial charge in [-0.1, -0.05) is 24.3 Å². The standard InChI is InChI=1S/C15H16N2O3/c16-17-15(18)9-10-19-13-7-4-8-14(11-13)20-12-5-2-1-3-6-12/h1-8,11H,9-10,16H2,(H,17,18). The summed E-state index contributed by atoms with van der Waals surface area (Å²) in [7, 11) is 0. The molecule has 0 atom stereocenters. The molecule has 5 nitrogen and oxygen atoms in total. The number of para-hydroxylation sites is 1. The number of benzene rings is 2. The molecule has 5 heteroatoms. The molecule has 0 aliphatic carbocycles. The Morgan fingerprint density at radius 2 is 1.70 bits per heavy atom. The Bertz CT molecular complexity index is 558. The second kappa shape index (κ2) is 7.16. The van der Waals surface area contributed by atoms with E-state index in [1.165, 1.54) is 0 Å². The summed E-state index contributed by atoms with van der Waals surface area (Å²) in [5, 5.41) is 0. The van der Waals surface area contributed by atoms with Crippen LogP contribution in [-0.2, 0) is 4.79 Å². The first-order valence-corrected chi connectivity index (χ1v) is 6.23. The fourth-order valence-electron chi connectivity index (χ4n) is 1.59. The number of hydrogen-bond donors (Lipinski definition) is 2. The number of nitrogens with one attached hydrogen (secondary N) is 1. The highest BCUT2D eigenvalue weighted by Gasteiger charge is 2.02. The smallest absolute Gasteiger partial charge is 0.237 e. The fraction of sp³-hybridized carbons (Fsp3) is 0.133. The van der Waals surface area contributed by atoms with Crippen molar-refractivity contribution in [3.63, 3.8) is 0 Å². The van der Waals surface area contributed by atoms with Crippen LogP contribution in [0, 0.1) is 0 Å². The minimum atomic E-state index is -0.262. The van der Waals surface area contributed by atoms with Crippen molar-refractivity contribution in [3.8, 4) is 17.2 Å². The van der Waals surface area contributed by atoms with Crippen LogP contribution in [0.2, 0.25) is 0 Å². The summed E-state index contributed by atoms with van der Waals surface area (Å²) in [6.07, 6.45) is 0.209. The van der Waals surface area contributed by atoms with Gasteiger partial charge >= 0.3 is 0 Å². The second-order valence-electron chi connectivity index (χ2n) is 4.06. The number of amides is 1. The third-order valence-corrected chi connectivity index (χ3v) is 2.54. The highest BCUT2D eigenvalue weighted by atomic mass is 16.5. The average molecular weight is 272 g/mol. The number of nitrogens with two attached hydrogens (primary N) is 1. The molecule has 3 N–H and O–H groups in total. The molecule has 20 heavy (non-hydrogen) atoms. The Morgan fingerprint density at radius 3 is 2.45 bits per heavy atom. The third-order valence-electron chi connectivity index (χ3n) is 2.54. The average Bonchev–Trinajstić information content (AvgIpc) is 2.48. The number of hydrogen-bond acceptors (Lipinski definition) is 4. The predicted octanol–water partition coefficient (Wildman–Crippen LogP) is 2.24. The predicted molar refractivity (Wildman–Crippen MR) is 75.4 cm³/mol. The summed E-state index contributed by atoms with van der Waals surface area (Å²) in [5.74, 6) is 6.80. The zero-order valence-electron chi connectivity index (χ0n) is 10.9. The van der Waals surface area contributed by atoms with Gasteiger partial charge in [-0.3, -0.25) is 10.2 Å². The molecule has 2 aromatic carbocycles. The molecule has 1 amide bonds. The highest BCUT2D eigenvalue weighted by molar-refractivity contribution is 5.75. The van der Waals surface area contributed by atoms with Gasteiger partial charge in [0.2, 0.25) is 5.91 Å². The Kier molecular flexibility index (Phi) is 4.97. The van der Waals surface area contributed by atoms with Gasteiger partial charge in [-0.15, -0.1) is 0 Å². The van der Waals surface area contributed by atoms with E-state index in [1.807, 2.05) is 42.5 Å². The molecule has 104 valence electrons. The quantitative estimate of drug-likeness (QED) is 0.480. The lowest BCUT2D eigenvalue weighted by Crippen LogP contribution is -2.31. The van der Waals surface area contributed by atoms with Crippen molar-refractivity contribution in [2.75, 3.05) is 6.61 Å². The molecule has 0 radical (unpaired) electrons. The van der Waals surface area contributed by atoms with E-state index in [4.69, 9.17) is 15.3 Å². The molecule has 0 fully saturated rings. The molecule has 0 aliphatic heterocycles. The summed E-state index contributed by atoms with van der Waals surface area (Å²) < 4.78 is 11.1. The van der Waals surface area contributed by atoms with Gasteiger partial charge in [0.25, 0.3) is 0 Å². The van der Waals surface area contributed by atoms with Crippen LogP contribution < -0.4 is 20.7 Å². The van der Waals surface area contributed by atoms with Gasteiger partial charge in [-0.2, -0.15) is 0 Å². The topological polar surface area (TPSA) is 73.6 Å². The van der Waals surface area contributed by atoms with Gasteiger partial charge in [-0.05, 0) is 24.3 Å². The maximum atomic E-state index is 11.0. The van der Waals surface area contributed by atoms with Crippen LogP contribution in [0.5, 0.6) is 17.2 Å². The van der Waals surface area contributed by atoms with Crippen molar-refractivity contribution in [2.24, 2.45) is 5.84 Å². The lowest BCUT2D eigenvalue weighted by Gasteiger charge is -2.09. The van der Waals surface area contributed by atoms with E-state index in [2.05, 4.69) is 5.43 Å². The van der Waals surface area contributed by atoms with Crippen molar-refractivity contribution >= 4 is 5.91 Å².